The van der Waals surface area contributed by atoms with E-state index in [0.717, 1.165) is 10.0 Å². The van der Waals surface area contributed by atoms with E-state index in [4.69, 9.17) is 28.4 Å². The van der Waals surface area contributed by atoms with Gasteiger partial charge in [-0.25, -0.2) is 9.59 Å². The van der Waals surface area contributed by atoms with Crippen molar-refractivity contribution >= 4 is 27.9 Å². The molecule has 0 aliphatic carbocycles. The van der Waals surface area contributed by atoms with Crippen molar-refractivity contribution in [2.24, 2.45) is 11.8 Å². The summed E-state index contributed by atoms with van der Waals surface area (Å²) in [7, 11) is 7.56. The van der Waals surface area contributed by atoms with Crippen LogP contribution in [0, 0.1) is 11.8 Å². The summed E-state index contributed by atoms with van der Waals surface area (Å²) in [6, 6.07) is 16.4. The summed E-state index contributed by atoms with van der Waals surface area (Å²) in [6.45, 7) is 13.7. The molecule has 0 unspecified atom stereocenters. The Labute approximate surface area is 324 Å². The zero-order valence-electron chi connectivity index (χ0n) is 33.1. The van der Waals surface area contributed by atoms with Gasteiger partial charge in [0.2, 0.25) is 5.79 Å². The van der Waals surface area contributed by atoms with Crippen LogP contribution in [0.4, 0.5) is 0 Å². The second-order valence-corrected chi connectivity index (χ2v) is 16.5. The molecule has 0 amide bonds. The Hall–Kier alpha value is -2.84. The minimum Gasteiger partial charge on any atom is -0.456 e. The van der Waals surface area contributed by atoms with E-state index in [1.54, 1.807) is 52.1 Å². The number of methoxy groups -OCH3 is 1. The van der Waals surface area contributed by atoms with Crippen LogP contribution in [0.15, 0.2) is 70.4 Å². The molecular weight excluding hydrogens is 744 g/mol. The molecule has 294 valence electrons. The summed E-state index contributed by atoms with van der Waals surface area (Å²) in [5, 5.41) is 10.4. The maximum absolute atomic E-state index is 13.5. The number of likely N-dealkylation sites (N-methyl/N-ethyl adjacent to an activating group) is 2. The van der Waals surface area contributed by atoms with Gasteiger partial charge in [0.15, 0.2) is 12.4 Å². The molecule has 1 fully saturated rings. The van der Waals surface area contributed by atoms with E-state index < -0.39 is 47.7 Å². The second kappa shape index (κ2) is 18.2. The standard InChI is InChI=1S/C41H59BrN2O9/c1-25(23-44(10)33(24-45)29-17-19-31(42)20-18-29)22-41(7,48-11)36(27(3)34-28(4)37(46)53-40(5,6)52-34)51-39-35(32(43(8)9)21-26(2)49-39)50-38(47)30-15-13-12-14-16-30/h12-20,25-27,32-33,35-36,39,45H,21-24H2,1-11H3/t25-,26-,27+,32+,33+,35-,36-,39+,41-/m1/s1. The lowest BCUT2D eigenvalue weighted by molar-refractivity contribution is -0.298. The molecule has 4 rings (SSSR count). The van der Waals surface area contributed by atoms with Crippen LogP contribution in [-0.4, -0.2) is 110 Å². The van der Waals surface area contributed by atoms with Crippen LogP contribution in [-0.2, 0) is 33.2 Å². The molecular formula is C41H59BrN2O9. The van der Waals surface area contributed by atoms with Gasteiger partial charge in [-0.05, 0) is 90.5 Å². The number of cyclic esters (lactones) is 1. The molecule has 12 heteroatoms. The van der Waals surface area contributed by atoms with Gasteiger partial charge in [0.25, 0.3) is 0 Å². The first-order chi connectivity index (χ1) is 24.9. The lowest BCUT2D eigenvalue weighted by Crippen LogP contribution is -2.59. The molecule has 0 saturated carbocycles. The number of aliphatic hydroxyl groups is 1. The molecule has 0 spiro atoms. The number of carbonyl (C=O) groups excluding carboxylic acids is 2. The number of carbonyl (C=O) groups is 2. The average molecular weight is 804 g/mol. The van der Waals surface area contributed by atoms with Gasteiger partial charge in [-0.3, -0.25) is 4.90 Å². The van der Waals surface area contributed by atoms with Gasteiger partial charge in [-0.15, -0.1) is 0 Å². The number of rotatable bonds is 16. The first-order valence-electron chi connectivity index (χ1n) is 18.4. The molecule has 11 nitrogen and oxygen atoms in total. The molecule has 1 N–H and O–H groups in total. The predicted molar refractivity (Wildman–Crippen MR) is 206 cm³/mol. The van der Waals surface area contributed by atoms with Crippen molar-refractivity contribution < 1.29 is 43.1 Å². The number of halogens is 1. The van der Waals surface area contributed by atoms with E-state index in [2.05, 4.69) is 27.8 Å². The van der Waals surface area contributed by atoms with Crippen LogP contribution in [0.5, 0.6) is 0 Å². The maximum Gasteiger partial charge on any atom is 0.340 e. The number of aliphatic hydroxyl groups excluding tert-OH is 1. The number of hydrogen-bond acceptors (Lipinski definition) is 11. The fourth-order valence-corrected chi connectivity index (χ4v) is 7.94. The van der Waals surface area contributed by atoms with Gasteiger partial charge in [0.05, 0.1) is 47.6 Å². The van der Waals surface area contributed by atoms with Crippen molar-refractivity contribution in [3.63, 3.8) is 0 Å². The molecule has 2 aromatic carbocycles. The highest BCUT2D eigenvalue weighted by atomic mass is 79.9. The summed E-state index contributed by atoms with van der Waals surface area (Å²) in [5.74, 6) is -2.20. The van der Waals surface area contributed by atoms with Crippen molar-refractivity contribution in [1.82, 2.24) is 9.80 Å². The number of ether oxygens (including phenoxy) is 6. The SMILES string of the molecule is CO[C@](C)(C[C@@H](C)CN(C)[C@@H](CO)c1ccc(Br)cc1)[C@H](O[C@@H]1O[C@H](C)C[C@H](N(C)C)[C@H]1OC(=O)c1ccccc1)[C@@H](C)C1=C(C)C(=O)OC(C)(C)O1. The van der Waals surface area contributed by atoms with Gasteiger partial charge in [-0.1, -0.05) is 60.1 Å². The summed E-state index contributed by atoms with van der Waals surface area (Å²) >= 11 is 3.50. The van der Waals surface area contributed by atoms with E-state index in [-0.39, 0.29) is 30.7 Å². The zero-order chi connectivity index (χ0) is 39.2. The Bertz CT molecular complexity index is 1550. The normalized spacial score (nSPS) is 25.2. The minimum absolute atomic E-state index is 0.0425. The molecule has 2 heterocycles. The first kappa shape index (κ1) is 42.9. The van der Waals surface area contributed by atoms with Crippen LogP contribution in [0.2, 0.25) is 0 Å². The summed E-state index contributed by atoms with van der Waals surface area (Å²) < 4.78 is 39.2. The Morgan fingerprint density at radius 1 is 1.08 bits per heavy atom. The highest BCUT2D eigenvalue weighted by Gasteiger charge is 2.50. The monoisotopic (exact) mass is 802 g/mol. The highest BCUT2D eigenvalue weighted by Crippen LogP contribution is 2.41. The molecule has 2 aliphatic rings. The number of esters is 2. The Morgan fingerprint density at radius 3 is 2.30 bits per heavy atom. The molecule has 0 radical (unpaired) electrons. The fraction of sp³-hybridized carbons (Fsp3) is 0.610. The Morgan fingerprint density at radius 2 is 1.72 bits per heavy atom. The molecule has 53 heavy (non-hydrogen) atoms. The molecule has 0 aromatic heterocycles. The third-order valence-corrected chi connectivity index (χ3v) is 10.9. The van der Waals surface area contributed by atoms with Crippen molar-refractivity contribution in [2.45, 2.75) is 109 Å². The van der Waals surface area contributed by atoms with Gasteiger partial charge in [-0.2, -0.15) is 0 Å². The number of nitrogens with zero attached hydrogens (tertiary/aromatic N) is 2. The van der Waals surface area contributed by atoms with E-state index in [1.165, 1.54) is 0 Å². The highest BCUT2D eigenvalue weighted by molar-refractivity contribution is 9.10. The van der Waals surface area contributed by atoms with E-state index in [0.29, 0.717) is 36.3 Å². The zero-order valence-corrected chi connectivity index (χ0v) is 34.7. The average Bonchev–Trinajstić information content (AvgIpc) is 3.10. The van der Waals surface area contributed by atoms with E-state index >= 15 is 0 Å². The second-order valence-electron chi connectivity index (χ2n) is 15.6. The lowest BCUT2D eigenvalue weighted by Gasteiger charge is -2.48. The third kappa shape index (κ3) is 10.7. The number of benzene rings is 2. The van der Waals surface area contributed by atoms with Gasteiger partial charge in [0.1, 0.15) is 5.76 Å². The molecule has 1 saturated heterocycles. The van der Waals surface area contributed by atoms with E-state index in [9.17, 15) is 14.7 Å². The topological polar surface area (TPSA) is 116 Å². The Balaban J connectivity index is 1.71. The Kier molecular flexibility index (Phi) is 14.7. The first-order valence-corrected chi connectivity index (χ1v) is 19.2. The fourth-order valence-electron chi connectivity index (χ4n) is 7.68. The predicted octanol–water partition coefficient (Wildman–Crippen LogP) is 6.74. The smallest absolute Gasteiger partial charge is 0.340 e. The largest absolute Gasteiger partial charge is 0.456 e. The van der Waals surface area contributed by atoms with Gasteiger partial charge in [0, 0.05) is 37.9 Å². The van der Waals surface area contributed by atoms with E-state index in [1.807, 2.05) is 77.1 Å². The van der Waals surface area contributed by atoms with Gasteiger partial charge < -0.3 is 38.4 Å². The minimum atomic E-state index is -1.20. The molecule has 9 atom stereocenters. The van der Waals surface area contributed by atoms with Crippen LogP contribution in [0.3, 0.4) is 0 Å². The van der Waals surface area contributed by atoms with Crippen LogP contribution in [0.1, 0.15) is 83.3 Å². The number of hydrogen-bond donors (Lipinski definition) is 1. The quantitative estimate of drug-likeness (QED) is 0.182. The van der Waals surface area contributed by atoms with Crippen molar-refractivity contribution in [2.75, 3.05) is 41.4 Å². The van der Waals surface area contributed by atoms with Crippen molar-refractivity contribution in [1.29, 1.82) is 0 Å². The van der Waals surface area contributed by atoms with Gasteiger partial charge >= 0.3 is 11.9 Å². The van der Waals surface area contributed by atoms with Crippen LogP contribution < -0.4 is 0 Å². The lowest BCUT2D eigenvalue weighted by atomic mass is 9.80. The van der Waals surface area contributed by atoms with Crippen molar-refractivity contribution in [3.8, 4) is 0 Å². The third-order valence-electron chi connectivity index (χ3n) is 10.4. The molecule has 0 bridgehead atoms. The summed E-state index contributed by atoms with van der Waals surface area (Å²) in [6.07, 6.45) is -1.63. The maximum atomic E-state index is 13.5. The summed E-state index contributed by atoms with van der Waals surface area (Å²) in [5.41, 5.74) is 0.803. The van der Waals surface area contributed by atoms with Crippen molar-refractivity contribution in [3.05, 3.63) is 81.5 Å². The van der Waals surface area contributed by atoms with Crippen LogP contribution >= 0.6 is 15.9 Å². The molecule has 2 aliphatic heterocycles. The molecule has 2 aromatic rings. The van der Waals surface area contributed by atoms with Crippen LogP contribution in [0.25, 0.3) is 0 Å². The summed E-state index contributed by atoms with van der Waals surface area (Å²) in [4.78, 5) is 30.8.